The van der Waals surface area contributed by atoms with Crippen molar-refractivity contribution in [2.75, 3.05) is 13.2 Å². The summed E-state index contributed by atoms with van der Waals surface area (Å²) in [6.07, 6.45) is 2.06. The molecule has 5 nitrogen and oxygen atoms in total. The molecule has 21 heavy (non-hydrogen) atoms. The zero-order valence-electron chi connectivity index (χ0n) is 11.4. The predicted octanol–water partition coefficient (Wildman–Crippen LogP) is 2.66. The van der Waals surface area contributed by atoms with Gasteiger partial charge in [0.15, 0.2) is 6.61 Å². The van der Waals surface area contributed by atoms with Crippen LogP contribution in [0.15, 0.2) is 23.1 Å². The van der Waals surface area contributed by atoms with Crippen LogP contribution in [0.3, 0.4) is 0 Å². The Balaban J connectivity index is 2.01. The van der Waals surface area contributed by atoms with Crippen molar-refractivity contribution in [3.63, 3.8) is 0 Å². The van der Waals surface area contributed by atoms with Crippen molar-refractivity contribution in [2.24, 2.45) is 0 Å². The number of hydrogen-bond acceptors (Lipinski definition) is 4. The molecular weight excluding hydrogens is 337 g/mol. The van der Waals surface area contributed by atoms with E-state index in [1.54, 1.807) is 4.90 Å². The average Bonchev–Trinajstić information content (AvgIpc) is 3.21. The van der Waals surface area contributed by atoms with E-state index >= 15 is 0 Å². The fraction of sp³-hybridized carbons (Fsp3) is 0.462. The highest BCUT2D eigenvalue weighted by molar-refractivity contribution is 8.13. The van der Waals surface area contributed by atoms with Gasteiger partial charge >= 0.3 is 0 Å². The fourth-order valence-electron chi connectivity index (χ4n) is 2.00. The van der Waals surface area contributed by atoms with Crippen molar-refractivity contribution in [2.45, 2.75) is 30.7 Å². The minimum atomic E-state index is -3.84. The molecule has 1 aromatic carbocycles. The van der Waals surface area contributed by atoms with E-state index in [0.29, 0.717) is 12.6 Å². The van der Waals surface area contributed by atoms with Crippen LogP contribution in [0.1, 0.15) is 19.8 Å². The summed E-state index contributed by atoms with van der Waals surface area (Å²) in [5.41, 5.74) is 0. The van der Waals surface area contributed by atoms with Crippen molar-refractivity contribution in [1.82, 2.24) is 4.90 Å². The maximum Gasteiger partial charge on any atom is 0.261 e. The summed E-state index contributed by atoms with van der Waals surface area (Å²) in [5.74, 6) is 0.144. The van der Waals surface area contributed by atoms with Gasteiger partial charge in [-0.3, -0.25) is 4.79 Å². The van der Waals surface area contributed by atoms with Crippen LogP contribution in [-0.2, 0) is 13.8 Å². The maximum absolute atomic E-state index is 12.0. The van der Waals surface area contributed by atoms with Crippen LogP contribution in [0.5, 0.6) is 5.75 Å². The Kier molecular flexibility index (Phi) is 5.01. The molecule has 0 radical (unpaired) electrons. The van der Waals surface area contributed by atoms with Gasteiger partial charge in [0.05, 0.1) is 9.92 Å². The van der Waals surface area contributed by atoms with Gasteiger partial charge in [0.25, 0.3) is 15.0 Å². The molecule has 0 bridgehead atoms. The van der Waals surface area contributed by atoms with Gasteiger partial charge in [-0.25, -0.2) is 8.42 Å². The van der Waals surface area contributed by atoms with E-state index < -0.39 is 9.05 Å². The summed E-state index contributed by atoms with van der Waals surface area (Å²) in [4.78, 5) is 13.7. The molecule has 1 aromatic rings. The second-order valence-corrected chi connectivity index (χ2v) is 7.70. The average molecular weight is 352 g/mol. The van der Waals surface area contributed by atoms with Gasteiger partial charge < -0.3 is 9.64 Å². The van der Waals surface area contributed by atoms with Gasteiger partial charge in [-0.2, -0.15) is 0 Å². The topological polar surface area (TPSA) is 63.7 Å². The second-order valence-electron chi connectivity index (χ2n) is 4.73. The van der Waals surface area contributed by atoms with Gasteiger partial charge in [-0.15, -0.1) is 0 Å². The first-order chi connectivity index (χ1) is 9.82. The first-order valence-electron chi connectivity index (χ1n) is 6.49. The highest BCUT2D eigenvalue weighted by Crippen LogP contribution is 2.29. The molecule has 0 aromatic heterocycles. The van der Waals surface area contributed by atoms with Crippen molar-refractivity contribution in [3.8, 4) is 5.75 Å². The summed E-state index contributed by atoms with van der Waals surface area (Å²) in [5, 5.41) is 0.0963. The minimum absolute atomic E-state index is 0.0963. The molecule has 116 valence electrons. The van der Waals surface area contributed by atoms with Gasteiger partial charge in [-0.05, 0) is 38.0 Å². The Morgan fingerprint density at radius 3 is 2.57 bits per heavy atom. The quantitative estimate of drug-likeness (QED) is 0.739. The van der Waals surface area contributed by atoms with Crippen LogP contribution < -0.4 is 4.74 Å². The molecule has 0 saturated heterocycles. The number of rotatable bonds is 6. The summed E-state index contributed by atoms with van der Waals surface area (Å²) in [7, 11) is 1.39. The maximum atomic E-state index is 12.0. The number of amides is 1. The molecule has 1 saturated carbocycles. The van der Waals surface area contributed by atoms with E-state index in [0.717, 1.165) is 12.8 Å². The van der Waals surface area contributed by atoms with Gasteiger partial charge in [0.2, 0.25) is 0 Å². The Labute approximate surface area is 133 Å². The third kappa shape index (κ3) is 4.25. The lowest BCUT2D eigenvalue weighted by Gasteiger charge is -2.20. The third-order valence-electron chi connectivity index (χ3n) is 3.18. The lowest BCUT2D eigenvalue weighted by molar-refractivity contribution is -0.133. The standard InChI is InChI=1S/C13H15Cl2NO4S/c1-2-16(9-3-4-9)13(17)8-20-12-6-5-10(7-11(12)14)21(15,18)19/h5-7,9H,2-4,8H2,1H3. The molecule has 1 amide bonds. The number of halogens is 2. The Morgan fingerprint density at radius 1 is 1.43 bits per heavy atom. The number of ether oxygens (including phenoxy) is 1. The van der Waals surface area contributed by atoms with Crippen LogP contribution in [0, 0.1) is 0 Å². The highest BCUT2D eigenvalue weighted by Gasteiger charge is 2.31. The molecule has 1 aliphatic carbocycles. The van der Waals surface area contributed by atoms with E-state index in [1.807, 2.05) is 6.92 Å². The number of nitrogens with zero attached hydrogens (tertiary/aromatic N) is 1. The van der Waals surface area contributed by atoms with Gasteiger partial charge in [-0.1, -0.05) is 11.6 Å². The van der Waals surface area contributed by atoms with Crippen molar-refractivity contribution >= 4 is 37.2 Å². The smallest absolute Gasteiger partial charge is 0.261 e. The van der Waals surface area contributed by atoms with Crippen molar-refractivity contribution in [3.05, 3.63) is 23.2 Å². The summed E-state index contributed by atoms with van der Waals surface area (Å²) >= 11 is 5.93. The fourth-order valence-corrected chi connectivity index (χ4v) is 3.07. The molecule has 0 N–H and O–H groups in total. The summed E-state index contributed by atoms with van der Waals surface area (Å²) in [6.45, 7) is 2.43. The van der Waals surface area contributed by atoms with Crippen molar-refractivity contribution < 1.29 is 17.9 Å². The first kappa shape index (κ1) is 16.4. The molecule has 0 spiro atoms. The van der Waals surface area contributed by atoms with Crippen molar-refractivity contribution in [1.29, 1.82) is 0 Å². The van der Waals surface area contributed by atoms with E-state index in [2.05, 4.69) is 0 Å². The van der Waals surface area contributed by atoms with Crippen LogP contribution in [0.25, 0.3) is 0 Å². The SMILES string of the molecule is CCN(C(=O)COc1ccc(S(=O)(=O)Cl)cc1Cl)C1CC1. The molecule has 0 heterocycles. The lowest BCUT2D eigenvalue weighted by Crippen LogP contribution is -2.36. The zero-order chi connectivity index (χ0) is 15.6. The largest absolute Gasteiger partial charge is 0.482 e. The molecule has 0 aliphatic heterocycles. The first-order valence-corrected chi connectivity index (χ1v) is 9.18. The number of likely N-dealkylation sites (N-methyl/N-ethyl adjacent to an activating group) is 1. The monoisotopic (exact) mass is 351 g/mol. The molecule has 0 unspecified atom stereocenters. The van der Waals surface area contributed by atoms with Crippen LogP contribution >= 0.6 is 22.3 Å². The zero-order valence-corrected chi connectivity index (χ0v) is 13.7. The molecule has 1 fully saturated rings. The van der Waals surface area contributed by atoms with E-state index in [1.165, 1.54) is 18.2 Å². The Hall–Kier alpha value is -0.980. The van der Waals surface area contributed by atoms with Gasteiger partial charge in [0.1, 0.15) is 5.75 Å². The molecular formula is C13H15Cl2NO4S. The number of hydrogen-bond donors (Lipinski definition) is 0. The van der Waals surface area contributed by atoms with Crippen LogP contribution in [0.4, 0.5) is 0 Å². The number of benzene rings is 1. The van der Waals surface area contributed by atoms with Crippen LogP contribution in [-0.4, -0.2) is 38.4 Å². The second kappa shape index (κ2) is 6.42. The number of carbonyl (C=O) groups is 1. The molecule has 8 heteroatoms. The minimum Gasteiger partial charge on any atom is -0.482 e. The number of carbonyl (C=O) groups excluding carboxylic acids is 1. The van der Waals surface area contributed by atoms with Crippen LogP contribution in [0.2, 0.25) is 5.02 Å². The van der Waals surface area contributed by atoms with E-state index in [4.69, 9.17) is 27.0 Å². The summed E-state index contributed by atoms with van der Waals surface area (Å²) < 4.78 is 27.7. The summed E-state index contributed by atoms with van der Waals surface area (Å²) in [6, 6.07) is 4.19. The van der Waals surface area contributed by atoms with Gasteiger partial charge in [0, 0.05) is 23.3 Å². The lowest BCUT2D eigenvalue weighted by atomic mass is 10.3. The Bertz CT molecular complexity index is 644. The molecule has 2 rings (SSSR count). The molecule has 1 aliphatic rings. The predicted molar refractivity (Wildman–Crippen MR) is 80.4 cm³/mol. The van der Waals surface area contributed by atoms with E-state index in [9.17, 15) is 13.2 Å². The molecule has 0 atom stereocenters. The highest BCUT2D eigenvalue weighted by atomic mass is 35.7. The Morgan fingerprint density at radius 2 is 2.10 bits per heavy atom. The normalized spacial score (nSPS) is 14.8. The van der Waals surface area contributed by atoms with E-state index in [-0.39, 0.29) is 28.2 Å². The third-order valence-corrected chi connectivity index (χ3v) is 4.83.